The van der Waals surface area contributed by atoms with Gasteiger partial charge in [-0.25, -0.2) is 28.1 Å². The molecule has 0 spiro atoms. The molecule has 1 aliphatic heterocycles. The number of hydrogen-bond donors (Lipinski definition) is 0. The van der Waals surface area contributed by atoms with Crippen molar-refractivity contribution in [3.05, 3.63) is 113 Å². The first-order chi connectivity index (χ1) is 46.2. The van der Waals surface area contributed by atoms with Gasteiger partial charge in [0.05, 0.1) is 22.6 Å². The van der Waals surface area contributed by atoms with Crippen LogP contribution in [0.3, 0.4) is 0 Å². The van der Waals surface area contributed by atoms with Crippen molar-refractivity contribution in [2.45, 2.75) is 141 Å². The van der Waals surface area contributed by atoms with Crippen LogP contribution >= 0.6 is 34.8 Å². The van der Waals surface area contributed by atoms with E-state index in [0.717, 1.165) is 49.1 Å². The number of rotatable bonds is 13. The summed E-state index contributed by atoms with van der Waals surface area (Å²) < 4.78 is 323. The van der Waals surface area contributed by atoms with Crippen LogP contribution in [0.2, 0.25) is 5.15 Å². The van der Waals surface area contributed by atoms with E-state index in [1.54, 1.807) is 21.0 Å². The van der Waals surface area contributed by atoms with Crippen molar-refractivity contribution >= 4 is 75.0 Å². The van der Waals surface area contributed by atoms with Crippen molar-refractivity contribution in [1.82, 2.24) is 74.4 Å². The first kappa shape index (κ1) is 92.4. The molecule has 1 fully saturated rings. The maximum absolute atomic E-state index is 14.1. The van der Waals surface area contributed by atoms with Gasteiger partial charge in [-0.05, 0) is 126 Å². The zero-order chi connectivity index (χ0) is 76.7. The Balaban J connectivity index is 0.000000457. The summed E-state index contributed by atoms with van der Waals surface area (Å²) in [7, 11) is -4.01. The first-order valence-corrected chi connectivity index (χ1v) is 29.3. The molecule has 10 heterocycles. The SMILES string of the molecule is C.C.C.COC(F)(F)c1nnc2ccc(-c3cnc(O[C@@H](C)C(F)(F)F)c(F)c3)nn12.C[C@H](Oc1ncc(-c2ccc3nnc(C(F)(F)Cl)n3n2)cc1F)C(F)(F)F.C[C@H](Oc1ncc(B2OC(C)(C)C(C)(C)O2)cc1F)C(F)(F)F.FC(F)(Cl)c1nnc2ccc(Cl)nn12.O=[S-](=O)C(F)(F)F.[O]=[Ag]. The Labute approximate surface area is 601 Å². The third-order valence-electron chi connectivity index (χ3n) is 12.8. The molecule has 1 aliphatic rings. The Bertz CT molecular complexity index is 4400. The molecule has 104 heavy (non-hydrogen) atoms. The van der Waals surface area contributed by atoms with Crippen LogP contribution in [0.25, 0.3) is 39.5 Å². The van der Waals surface area contributed by atoms with E-state index in [2.05, 4.69) is 79.8 Å². The minimum absolute atomic E-state index is 0. The summed E-state index contributed by atoms with van der Waals surface area (Å²) in [4.78, 5) is 10.6. The van der Waals surface area contributed by atoms with Gasteiger partial charge >= 0.3 is 72.3 Å². The monoisotopic (exact) mass is 1700 g/mol. The van der Waals surface area contributed by atoms with Crippen LogP contribution in [0.15, 0.2) is 73.2 Å². The van der Waals surface area contributed by atoms with Crippen LogP contribution in [0.5, 0.6) is 17.6 Å². The van der Waals surface area contributed by atoms with Crippen molar-refractivity contribution in [2.24, 2.45) is 0 Å². The van der Waals surface area contributed by atoms with Crippen molar-refractivity contribution in [2.75, 3.05) is 7.11 Å². The van der Waals surface area contributed by atoms with Gasteiger partial charge < -0.3 is 36.7 Å². The van der Waals surface area contributed by atoms with E-state index in [9.17, 15) is 92.2 Å². The van der Waals surface area contributed by atoms with Crippen LogP contribution in [0.1, 0.15) is 88.2 Å². The normalized spacial score (nSPS) is 14.5. The second-order valence-electron chi connectivity index (χ2n) is 20.4. The Morgan fingerprint density at radius 2 is 0.808 bits per heavy atom. The molecular weight excluding hydrogens is 1650 g/mol. The van der Waals surface area contributed by atoms with Crippen molar-refractivity contribution in [1.29, 1.82) is 0 Å². The number of methoxy groups -OCH3 is 1. The summed E-state index contributed by atoms with van der Waals surface area (Å²) >= 11 is 16.9. The van der Waals surface area contributed by atoms with E-state index in [-0.39, 0.29) is 72.4 Å². The summed E-state index contributed by atoms with van der Waals surface area (Å²) in [5.41, 5.74) is -5.98. The van der Waals surface area contributed by atoms with Crippen molar-refractivity contribution < 1.29 is 153 Å². The van der Waals surface area contributed by atoms with Gasteiger partial charge in [0.25, 0.3) is 23.5 Å². The number of ether oxygens (including phenoxy) is 4. The van der Waals surface area contributed by atoms with Crippen LogP contribution in [0.4, 0.5) is 92.2 Å². The van der Waals surface area contributed by atoms with E-state index < -0.39 is 141 Å². The summed E-state index contributed by atoms with van der Waals surface area (Å²) in [6.45, 7) is 9.51. The number of aromatic nitrogens is 15. The van der Waals surface area contributed by atoms with Gasteiger partial charge in [0, 0.05) is 53.0 Å². The molecule has 10 rings (SSSR count). The van der Waals surface area contributed by atoms with Crippen LogP contribution in [0, 0.1) is 17.5 Å². The average Bonchev–Trinajstić information content (AvgIpc) is 1.67. The second kappa shape index (κ2) is 35.6. The molecule has 0 saturated carbocycles. The topological polar surface area (TPSA) is 274 Å². The summed E-state index contributed by atoms with van der Waals surface area (Å²) in [5, 5.41) is 24.2. The van der Waals surface area contributed by atoms with E-state index in [1.165, 1.54) is 42.6 Å². The molecule has 0 unspecified atom stereocenters. The second-order valence-corrected chi connectivity index (χ2v) is 22.7. The fraction of sp³-hybridized carbons (Fsp3) is 0.434. The summed E-state index contributed by atoms with van der Waals surface area (Å²) in [5.74, 6) is -8.40. The number of halogens is 24. The molecule has 3 atom stereocenters. The van der Waals surface area contributed by atoms with E-state index in [4.69, 9.17) is 55.8 Å². The van der Waals surface area contributed by atoms with Gasteiger partial charge in [-0.1, -0.05) is 33.9 Å². The van der Waals surface area contributed by atoms with E-state index in [0.29, 0.717) is 22.9 Å². The predicted octanol–water partition coefficient (Wildman–Crippen LogP) is 14.8. The molecule has 0 aliphatic carbocycles. The third-order valence-corrected chi connectivity index (χ3v) is 13.7. The molecule has 0 N–H and O–H groups in total. The van der Waals surface area contributed by atoms with Gasteiger partial charge in [-0.2, -0.15) is 108 Å². The molecule has 24 nitrogen and oxygen atoms in total. The van der Waals surface area contributed by atoms with Gasteiger partial charge in [-0.15, -0.1) is 30.6 Å². The van der Waals surface area contributed by atoms with Gasteiger partial charge in [-0.3, -0.25) is 0 Å². The zero-order valence-corrected chi connectivity index (χ0v) is 55.5. The first-order valence-electron chi connectivity index (χ1n) is 26.5. The molecule has 0 radical (unpaired) electrons. The molecular formula is C53H51AgBCl3F21N15O9S-. The number of nitrogens with zero attached hydrogens (tertiary/aromatic N) is 15. The van der Waals surface area contributed by atoms with Gasteiger partial charge in [0.1, 0.15) is 5.15 Å². The molecule has 0 amide bonds. The summed E-state index contributed by atoms with van der Waals surface area (Å²) in [6, 6.07) is 10.7. The molecule has 9 aromatic rings. The predicted molar refractivity (Wildman–Crippen MR) is 318 cm³/mol. The van der Waals surface area contributed by atoms with Gasteiger partial charge in [0.15, 0.2) is 52.7 Å². The summed E-state index contributed by atoms with van der Waals surface area (Å²) in [6.07, 6.45) is -21.3. The Morgan fingerprint density at radius 1 is 0.500 bits per heavy atom. The Hall–Kier alpha value is -7.66. The third kappa shape index (κ3) is 23.9. The standard InChI is InChI=1S/C15H11F6N5O2.C14H18BF4NO3.C14H8ClF6N5O.C6H2Cl2F2N4.CF3O2S.3CH4.Ag.O/c1-7(14(17,18)19)28-12-9(16)5-8(6-22-12)10-3-4-11-23-24-13(26(11)25-10)15(20,21)27-2;1-8(14(17,18)19)21-11-10(16)6-9(7-20-11)15-22-12(2,3)13(4,5)23-15;1-6(14(19,20)21)27-11-8(16)4-7(5-22-11)9-2-3-10-23-24-12(13(15,17)18)26(10)25-9;7-3-1-2-4-11-12-5(6(8,9)10)14(4)13-3;2-1(3,4)7(5)6;;;;;/h3-7H,1-2H3;6-8H,1-5H3;2-6H,1H3;1-2H;;3*1H4;;/q;;;;-1;;;;;/t7-;8-;6-;;;;;;;/m000......./s1. The number of fused-ring (bicyclic) bond motifs is 3. The van der Waals surface area contributed by atoms with Crippen LogP contribution in [-0.4, -0.2) is 142 Å². The Morgan fingerprint density at radius 3 is 1.12 bits per heavy atom. The zero-order valence-electron chi connectivity index (χ0n) is 50.9. The van der Waals surface area contributed by atoms with Crippen molar-refractivity contribution in [3.8, 4) is 40.2 Å². The number of pyridine rings is 3. The fourth-order valence-electron chi connectivity index (χ4n) is 6.92. The van der Waals surface area contributed by atoms with Crippen molar-refractivity contribution in [3.63, 3.8) is 0 Å². The minimum atomic E-state index is -5.08. The molecule has 0 bridgehead atoms. The molecule has 581 valence electrons. The van der Waals surface area contributed by atoms with Gasteiger partial charge in [0.2, 0.25) is 11.6 Å². The van der Waals surface area contributed by atoms with E-state index >= 15 is 0 Å². The van der Waals surface area contributed by atoms with Crippen LogP contribution in [-0.2, 0) is 74.3 Å². The Kier molecular flexibility index (Phi) is 31.7. The molecule has 0 aromatic carbocycles. The molecule has 9 aromatic heterocycles. The molecule has 51 heteroatoms. The quantitative estimate of drug-likeness (QED) is 0.0449. The average molecular weight is 1700 g/mol. The van der Waals surface area contributed by atoms with Crippen LogP contribution < -0.4 is 19.7 Å². The number of hydrogen-bond acceptors (Lipinski definition) is 22. The fourth-order valence-corrected chi connectivity index (χ4v) is 7.29. The maximum atomic E-state index is 14.1. The van der Waals surface area contributed by atoms with E-state index in [1.807, 2.05) is 27.7 Å². The number of alkyl halides is 20. The molecule has 1 saturated heterocycles.